The van der Waals surface area contributed by atoms with Gasteiger partial charge >= 0.3 is 0 Å². The third-order valence-electron chi connectivity index (χ3n) is 3.80. The molecule has 0 saturated carbocycles. The molecule has 0 aliphatic heterocycles. The average molecular weight is 231 g/mol. The zero-order valence-corrected chi connectivity index (χ0v) is 9.98. The molecule has 1 heteroatoms. The van der Waals surface area contributed by atoms with Crippen molar-refractivity contribution in [3.63, 3.8) is 0 Å². The molecule has 0 spiro atoms. The quantitative estimate of drug-likeness (QED) is 0.738. The molecule has 0 fully saturated rings. The lowest BCUT2D eigenvalue weighted by atomic mass is 9.94. The average Bonchev–Trinajstić information content (AvgIpc) is 2.80. The lowest BCUT2D eigenvalue weighted by molar-refractivity contribution is 1.43. The number of benzene rings is 2. The summed E-state index contributed by atoms with van der Waals surface area (Å²) in [5.41, 5.74) is 9.48. The Kier molecular flexibility index (Phi) is 1.81. The molecule has 0 bridgehead atoms. The molecule has 18 heavy (non-hydrogen) atoms. The van der Waals surface area contributed by atoms with Crippen LogP contribution in [0.25, 0.3) is 34.7 Å². The smallest absolute Gasteiger partial charge is 0.0400 e. The SMILES string of the molecule is NC1=CC=c2ccc3c4c(ccc3c21)=CCC=C4. The number of hydrogen-bond acceptors (Lipinski definition) is 1. The van der Waals surface area contributed by atoms with Crippen LogP contribution in [-0.4, -0.2) is 0 Å². The van der Waals surface area contributed by atoms with Crippen molar-refractivity contribution in [2.75, 3.05) is 0 Å². The normalized spacial score (nSPS) is 15.7. The van der Waals surface area contributed by atoms with Crippen LogP contribution in [0.4, 0.5) is 0 Å². The molecule has 2 aliphatic carbocycles. The maximum absolute atomic E-state index is 6.09. The summed E-state index contributed by atoms with van der Waals surface area (Å²) in [5, 5.41) is 5.11. The lowest BCUT2D eigenvalue weighted by Gasteiger charge is -2.10. The van der Waals surface area contributed by atoms with Gasteiger partial charge in [-0.25, -0.2) is 0 Å². The van der Waals surface area contributed by atoms with E-state index in [4.69, 9.17) is 5.73 Å². The van der Waals surface area contributed by atoms with Crippen LogP contribution in [0.5, 0.6) is 0 Å². The highest BCUT2D eigenvalue weighted by Crippen LogP contribution is 2.24. The van der Waals surface area contributed by atoms with Crippen LogP contribution in [0.1, 0.15) is 17.5 Å². The van der Waals surface area contributed by atoms with Gasteiger partial charge in [0.05, 0.1) is 0 Å². The Morgan fingerprint density at radius 2 is 1.72 bits per heavy atom. The van der Waals surface area contributed by atoms with E-state index in [9.17, 15) is 0 Å². The summed E-state index contributed by atoms with van der Waals surface area (Å²) in [6.45, 7) is 0. The second-order valence-corrected chi connectivity index (χ2v) is 4.82. The highest BCUT2D eigenvalue weighted by atomic mass is 14.6. The van der Waals surface area contributed by atoms with Gasteiger partial charge in [-0.2, -0.15) is 0 Å². The van der Waals surface area contributed by atoms with Gasteiger partial charge in [-0.1, -0.05) is 48.6 Å². The van der Waals surface area contributed by atoms with E-state index in [2.05, 4.69) is 48.6 Å². The van der Waals surface area contributed by atoms with Crippen molar-refractivity contribution >= 4 is 34.7 Å². The van der Waals surface area contributed by atoms with Crippen LogP contribution in [0.3, 0.4) is 0 Å². The summed E-state index contributed by atoms with van der Waals surface area (Å²) in [6, 6.07) is 8.77. The van der Waals surface area contributed by atoms with E-state index < -0.39 is 0 Å². The molecule has 0 amide bonds. The maximum Gasteiger partial charge on any atom is 0.0400 e. The van der Waals surface area contributed by atoms with Crippen molar-refractivity contribution in [3.8, 4) is 0 Å². The summed E-state index contributed by atoms with van der Waals surface area (Å²) in [7, 11) is 0. The minimum Gasteiger partial charge on any atom is -0.398 e. The third-order valence-corrected chi connectivity index (χ3v) is 3.80. The van der Waals surface area contributed by atoms with Gasteiger partial charge in [-0.05, 0) is 39.3 Å². The van der Waals surface area contributed by atoms with Crippen LogP contribution < -0.4 is 16.2 Å². The van der Waals surface area contributed by atoms with E-state index in [0.717, 1.165) is 12.1 Å². The van der Waals surface area contributed by atoms with Gasteiger partial charge in [-0.3, -0.25) is 0 Å². The summed E-state index contributed by atoms with van der Waals surface area (Å²) < 4.78 is 0. The number of hydrogen-bond donors (Lipinski definition) is 1. The Bertz CT molecular complexity index is 851. The van der Waals surface area contributed by atoms with Crippen LogP contribution in [0.15, 0.2) is 36.4 Å². The second kappa shape index (κ2) is 3.36. The van der Waals surface area contributed by atoms with Crippen LogP contribution in [0, 0.1) is 0 Å². The Morgan fingerprint density at radius 3 is 2.67 bits per heavy atom. The first-order chi connectivity index (χ1) is 8.84. The molecule has 0 unspecified atom stereocenters. The van der Waals surface area contributed by atoms with E-state index in [1.165, 1.54) is 32.3 Å². The first kappa shape index (κ1) is 9.72. The monoisotopic (exact) mass is 231 g/mol. The molecule has 1 nitrogen and oxygen atoms in total. The molecular weight excluding hydrogens is 218 g/mol. The second-order valence-electron chi connectivity index (χ2n) is 4.82. The summed E-state index contributed by atoms with van der Waals surface area (Å²) >= 11 is 0. The molecule has 0 atom stereocenters. The standard InChI is InChI=1S/C17H13N/c18-16-10-7-12-6-8-14-13-4-2-1-3-11(13)5-9-15(14)17(12)16/h2-10H,1,18H2. The Balaban J connectivity index is 2.23. The van der Waals surface area contributed by atoms with Crippen molar-refractivity contribution in [2.24, 2.45) is 5.73 Å². The Labute approximate surface area is 105 Å². The van der Waals surface area contributed by atoms with Gasteiger partial charge in [0.15, 0.2) is 0 Å². The molecule has 0 heterocycles. The predicted octanol–water partition coefficient (Wildman–Crippen LogP) is 2.13. The van der Waals surface area contributed by atoms with Crippen molar-refractivity contribution in [1.29, 1.82) is 0 Å². The molecule has 2 aliphatic rings. The van der Waals surface area contributed by atoms with Gasteiger partial charge in [-0.15, -0.1) is 0 Å². The zero-order chi connectivity index (χ0) is 12.1. The van der Waals surface area contributed by atoms with Gasteiger partial charge in [0, 0.05) is 11.3 Å². The third kappa shape index (κ3) is 1.16. The van der Waals surface area contributed by atoms with Crippen molar-refractivity contribution in [2.45, 2.75) is 6.42 Å². The number of fused-ring (bicyclic) bond motifs is 5. The summed E-state index contributed by atoms with van der Waals surface area (Å²) in [6.07, 6.45) is 11.8. The van der Waals surface area contributed by atoms with Crippen LogP contribution in [0.2, 0.25) is 0 Å². The molecule has 0 radical (unpaired) electrons. The first-order valence-electron chi connectivity index (χ1n) is 6.25. The van der Waals surface area contributed by atoms with E-state index in [1.807, 2.05) is 6.08 Å². The molecule has 86 valence electrons. The minimum atomic E-state index is 0.874. The Morgan fingerprint density at radius 1 is 0.889 bits per heavy atom. The summed E-state index contributed by atoms with van der Waals surface area (Å²) in [4.78, 5) is 0. The van der Waals surface area contributed by atoms with Crippen molar-refractivity contribution in [3.05, 3.63) is 58.0 Å². The van der Waals surface area contributed by atoms with Crippen molar-refractivity contribution < 1.29 is 0 Å². The fraction of sp³-hybridized carbons (Fsp3) is 0.0588. The van der Waals surface area contributed by atoms with Gasteiger partial charge < -0.3 is 5.73 Å². The van der Waals surface area contributed by atoms with Crippen LogP contribution >= 0.6 is 0 Å². The first-order valence-corrected chi connectivity index (χ1v) is 6.25. The predicted molar refractivity (Wildman–Crippen MR) is 77.9 cm³/mol. The van der Waals surface area contributed by atoms with Gasteiger partial charge in [0.1, 0.15) is 0 Å². The van der Waals surface area contributed by atoms with E-state index in [1.54, 1.807) is 0 Å². The van der Waals surface area contributed by atoms with E-state index in [0.29, 0.717) is 0 Å². The molecule has 2 N–H and O–H groups in total. The van der Waals surface area contributed by atoms with E-state index >= 15 is 0 Å². The number of rotatable bonds is 0. The molecule has 0 saturated heterocycles. The topological polar surface area (TPSA) is 26.0 Å². The Hall–Kier alpha value is -2.28. The van der Waals surface area contributed by atoms with Crippen LogP contribution in [-0.2, 0) is 0 Å². The lowest BCUT2D eigenvalue weighted by Crippen LogP contribution is -2.12. The fourth-order valence-corrected chi connectivity index (χ4v) is 2.93. The highest BCUT2D eigenvalue weighted by molar-refractivity contribution is 6.00. The zero-order valence-electron chi connectivity index (χ0n) is 9.98. The van der Waals surface area contributed by atoms with Crippen molar-refractivity contribution in [1.82, 2.24) is 0 Å². The molecular formula is C17H13N. The minimum absolute atomic E-state index is 0.874. The fourth-order valence-electron chi connectivity index (χ4n) is 2.93. The highest BCUT2D eigenvalue weighted by Gasteiger charge is 2.11. The van der Waals surface area contributed by atoms with Gasteiger partial charge in [0.25, 0.3) is 0 Å². The largest absolute Gasteiger partial charge is 0.398 e. The molecule has 2 aromatic rings. The summed E-state index contributed by atoms with van der Waals surface area (Å²) in [5.74, 6) is 0. The van der Waals surface area contributed by atoms with E-state index in [-0.39, 0.29) is 0 Å². The molecule has 4 rings (SSSR count). The molecule has 2 aromatic carbocycles. The molecule has 0 aromatic heterocycles. The number of allylic oxidation sites excluding steroid dienone is 2. The maximum atomic E-state index is 6.09. The van der Waals surface area contributed by atoms with Gasteiger partial charge in [0.2, 0.25) is 0 Å². The number of nitrogens with two attached hydrogens (primary N) is 1.